The molecule has 13 heavy (non-hydrogen) atoms. The molecule has 0 amide bonds. The van der Waals surface area contributed by atoms with Crippen molar-refractivity contribution in [1.29, 1.82) is 0 Å². The zero-order valence-corrected chi connectivity index (χ0v) is 10.3. The second-order valence-corrected chi connectivity index (χ2v) is 2.57. The Labute approximate surface area is 102 Å². The fourth-order valence-corrected chi connectivity index (χ4v) is 0.766. The van der Waals surface area contributed by atoms with Gasteiger partial charge in [-0.2, -0.15) is 18.2 Å². The zero-order chi connectivity index (χ0) is 8.10. The molecule has 1 aromatic carbocycles. The van der Waals surface area contributed by atoms with Gasteiger partial charge in [-0.1, -0.05) is 6.92 Å². The van der Waals surface area contributed by atoms with Crippen molar-refractivity contribution in [1.82, 2.24) is 0 Å². The van der Waals surface area contributed by atoms with Crippen LogP contribution < -0.4 is 17.1 Å². The van der Waals surface area contributed by atoms with E-state index in [9.17, 15) is 0 Å². The monoisotopic (exact) mass is 208 g/mol. The van der Waals surface area contributed by atoms with Crippen molar-refractivity contribution in [3.05, 3.63) is 30.3 Å². The van der Waals surface area contributed by atoms with Crippen LogP contribution in [0.25, 0.3) is 0 Å². The summed E-state index contributed by atoms with van der Waals surface area (Å²) in [7, 11) is 0. The summed E-state index contributed by atoms with van der Waals surface area (Å²) >= 11 is 0. The molecule has 0 aliphatic carbocycles. The number of hydrogen-bond donors (Lipinski definition) is 0. The maximum Gasteiger partial charge on any atom is 2.00 e. The summed E-state index contributed by atoms with van der Waals surface area (Å²) in [6.07, 6.45) is 1.34. The molecular formula is C10H13ClMgO. The van der Waals surface area contributed by atoms with Crippen LogP contribution in [0.1, 0.15) is 20.3 Å². The first kappa shape index (κ1) is 15.5. The number of ether oxygens (including phenoxy) is 1. The molecule has 68 valence electrons. The third-order valence-electron chi connectivity index (χ3n) is 1.60. The van der Waals surface area contributed by atoms with E-state index < -0.39 is 0 Å². The summed E-state index contributed by atoms with van der Waals surface area (Å²) in [6.45, 7) is 4.18. The largest absolute Gasteiger partial charge is 2.00 e. The summed E-state index contributed by atoms with van der Waals surface area (Å²) in [5.74, 6) is 0.929. The van der Waals surface area contributed by atoms with Crippen molar-refractivity contribution in [2.24, 2.45) is 0 Å². The van der Waals surface area contributed by atoms with E-state index in [1.54, 1.807) is 0 Å². The van der Waals surface area contributed by atoms with Gasteiger partial charge in [-0.25, -0.2) is 0 Å². The molecule has 0 aromatic heterocycles. The fourth-order valence-electron chi connectivity index (χ4n) is 0.766. The van der Waals surface area contributed by atoms with Gasteiger partial charge in [0.2, 0.25) is 0 Å². The van der Waals surface area contributed by atoms with Crippen LogP contribution in [0.2, 0.25) is 0 Å². The van der Waals surface area contributed by atoms with E-state index in [0.29, 0.717) is 6.10 Å². The van der Waals surface area contributed by atoms with Gasteiger partial charge in [0.25, 0.3) is 0 Å². The Hall–Kier alpha value is 0.0762. The van der Waals surface area contributed by atoms with Gasteiger partial charge in [-0.15, -0.1) is 12.1 Å². The van der Waals surface area contributed by atoms with E-state index >= 15 is 0 Å². The molecule has 1 aromatic rings. The van der Waals surface area contributed by atoms with Crippen LogP contribution in [-0.2, 0) is 0 Å². The molecule has 0 aliphatic rings. The second kappa shape index (κ2) is 8.66. The van der Waals surface area contributed by atoms with E-state index in [1.165, 1.54) is 0 Å². The minimum atomic E-state index is 0. The molecule has 0 aliphatic heterocycles. The smallest absolute Gasteiger partial charge is 1.00 e. The zero-order valence-electron chi connectivity index (χ0n) is 8.09. The maximum absolute atomic E-state index is 5.54. The molecule has 1 unspecified atom stereocenters. The van der Waals surface area contributed by atoms with E-state index in [1.807, 2.05) is 24.3 Å². The average Bonchev–Trinajstić information content (AvgIpc) is 2.06. The van der Waals surface area contributed by atoms with Crippen molar-refractivity contribution < 1.29 is 17.1 Å². The molecule has 1 atom stereocenters. The van der Waals surface area contributed by atoms with Crippen LogP contribution >= 0.6 is 0 Å². The Balaban J connectivity index is 0. The molecule has 1 nitrogen and oxygen atoms in total. The van der Waals surface area contributed by atoms with Crippen molar-refractivity contribution >= 4 is 23.1 Å². The van der Waals surface area contributed by atoms with Crippen LogP contribution in [0.3, 0.4) is 0 Å². The Kier molecular flexibility index (Phi) is 10.4. The third-order valence-corrected chi connectivity index (χ3v) is 1.60. The number of halogens is 1. The Morgan fingerprint density at radius 3 is 2.38 bits per heavy atom. The molecule has 1 rings (SSSR count). The molecule has 0 radical (unpaired) electrons. The van der Waals surface area contributed by atoms with Crippen molar-refractivity contribution in [2.75, 3.05) is 0 Å². The van der Waals surface area contributed by atoms with E-state index in [-0.39, 0.29) is 35.5 Å². The molecule has 0 N–H and O–H groups in total. The summed E-state index contributed by atoms with van der Waals surface area (Å²) in [4.78, 5) is 0. The molecule has 0 bridgehead atoms. The summed E-state index contributed by atoms with van der Waals surface area (Å²) in [5.41, 5.74) is 0. The molecule has 0 spiro atoms. The van der Waals surface area contributed by atoms with Gasteiger partial charge in [-0.05, 0) is 13.3 Å². The summed E-state index contributed by atoms with van der Waals surface area (Å²) < 4.78 is 5.54. The van der Waals surface area contributed by atoms with E-state index in [0.717, 1.165) is 12.2 Å². The van der Waals surface area contributed by atoms with Crippen LogP contribution in [0.5, 0.6) is 5.75 Å². The Morgan fingerprint density at radius 1 is 1.38 bits per heavy atom. The average molecular weight is 209 g/mol. The molecule has 0 saturated carbocycles. The second-order valence-electron chi connectivity index (χ2n) is 2.57. The SMILES string of the molecule is CCC(C)Oc1cc[c-]cc1.[Cl-].[Mg+2]. The van der Waals surface area contributed by atoms with Crippen LogP contribution in [0.15, 0.2) is 24.3 Å². The number of rotatable bonds is 3. The van der Waals surface area contributed by atoms with Gasteiger partial charge in [0.05, 0.1) is 6.10 Å². The summed E-state index contributed by atoms with van der Waals surface area (Å²) in [6, 6.07) is 10.5. The first-order valence-electron chi connectivity index (χ1n) is 3.95. The summed E-state index contributed by atoms with van der Waals surface area (Å²) in [5, 5.41) is 0. The standard InChI is InChI=1S/C10H13O.ClH.Mg/c1-3-9(2)11-10-7-5-4-6-8-10;;/h5-9H,3H2,1-2H3;1H;/q-1;;+2/p-1. The van der Waals surface area contributed by atoms with E-state index in [2.05, 4.69) is 19.9 Å². The Morgan fingerprint density at radius 2 is 1.92 bits per heavy atom. The fraction of sp³-hybridized carbons (Fsp3) is 0.400. The van der Waals surface area contributed by atoms with Crippen LogP contribution in [0, 0.1) is 6.07 Å². The third kappa shape index (κ3) is 6.19. The van der Waals surface area contributed by atoms with E-state index in [4.69, 9.17) is 4.74 Å². The first-order valence-corrected chi connectivity index (χ1v) is 3.95. The van der Waals surface area contributed by atoms with Crippen LogP contribution in [-0.4, -0.2) is 29.2 Å². The van der Waals surface area contributed by atoms with Crippen molar-refractivity contribution in [3.63, 3.8) is 0 Å². The molecule has 0 heterocycles. The number of benzene rings is 1. The molecular weight excluding hydrogens is 196 g/mol. The van der Waals surface area contributed by atoms with Gasteiger partial charge in [0.1, 0.15) is 0 Å². The van der Waals surface area contributed by atoms with Gasteiger partial charge in [0, 0.05) is 5.75 Å². The predicted molar refractivity (Wildman–Crippen MR) is 51.4 cm³/mol. The van der Waals surface area contributed by atoms with Gasteiger partial charge < -0.3 is 17.1 Å². The normalized spacial score (nSPS) is 10.6. The predicted octanol–water partition coefficient (Wildman–Crippen LogP) is -0.713. The van der Waals surface area contributed by atoms with Gasteiger partial charge in [0.15, 0.2) is 0 Å². The van der Waals surface area contributed by atoms with Crippen molar-refractivity contribution in [3.8, 4) is 5.75 Å². The minimum absolute atomic E-state index is 0. The first-order chi connectivity index (χ1) is 5.33. The Bertz CT molecular complexity index is 203. The number of hydrogen-bond acceptors (Lipinski definition) is 1. The van der Waals surface area contributed by atoms with Gasteiger partial charge >= 0.3 is 23.1 Å². The minimum Gasteiger partial charge on any atom is -1.00 e. The maximum atomic E-state index is 5.54. The molecule has 3 heteroatoms. The molecule has 0 saturated heterocycles. The quantitative estimate of drug-likeness (QED) is 0.471. The van der Waals surface area contributed by atoms with Crippen molar-refractivity contribution in [2.45, 2.75) is 26.4 Å². The van der Waals surface area contributed by atoms with Gasteiger partial charge in [-0.3, -0.25) is 0 Å². The topological polar surface area (TPSA) is 9.23 Å². The van der Waals surface area contributed by atoms with Crippen LogP contribution in [0.4, 0.5) is 0 Å². The molecule has 0 fully saturated rings.